The normalized spacial score (nSPS) is 15.9. The number of benzene rings is 2. The van der Waals surface area contributed by atoms with Crippen molar-refractivity contribution in [2.24, 2.45) is 4.99 Å². The van der Waals surface area contributed by atoms with Crippen molar-refractivity contribution in [3.63, 3.8) is 0 Å². The van der Waals surface area contributed by atoms with Crippen molar-refractivity contribution >= 4 is 63.8 Å². The molecule has 1 fully saturated rings. The van der Waals surface area contributed by atoms with Gasteiger partial charge in [-0.2, -0.15) is 0 Å². The first-order chi connectivity index (χ1) is 15.4. The lowest BCUT2D eigenvalue weighted by atomic mass is 10.1. The van der Waals surface area contributed by atoms with Crippen molar-refractivity contribution in [2.75, 3.05) is 6.61 Å². The molecule has 2 aromatic carbocycles. The van der Waals surface area contributed by atoms with Crippen molar-refractivity contribution in [1.29, 1.82) is 0 Å². The van der Waals surface area contributed by atoms with Crippen molar-refractivity contribution < 1.29 is 18.7 Å². The van der Waals surface area contributed by atoms with E-state index in [1.165, 1.54) is 11.8 Å². The average molecular weight is 487 g/mol. The van der Waals surface area contributed by atoms with Gasteiger partial charge in [0.25, 0.3) is 5.91 Å². The van der Waals surface area contributed by atoms with Gasteiger partial charge in [-0.15, -0.1) is 0 Å². The zero-order chi connectivity index (χ0) is 22.7. The Morgan fingerprint density at radius 2 is 1.97 bits per heavy atom. The molecule has 1 N–H and O–H groups in total. The molecule has 0 aliphatic carbocycles. The summed E-state index contributed by atoms with van der Waals surface area (Å²) in [5.74, 6) is 0.212. The fraction of sp³-hybridized carbons (Fsp3) is 0.0870. The van der Waals surface area contributed by atoms with Gasteiger partial charge in [0, 0.05) is 11.6 Å². The van der Waals surface area contributed by atoms with E-state index in [1.807, 2.05) is 12.1 Å². The minimum Gasteiger partial charge on any atom is -0.462 e. The summed E-state index contributed by atoms with van der Waals surface area (Å²) in [5.41, 5.74) is 1.48. The van der Waals surface area contributed by atoms with Crippen LogP contribution in [-0.4, -0.2) is 23.7 Å². The van der Waals surface area contributed by atoms with E-state index in [0.29, 0.717) is 42.9 Å². The Morgan fingerprint density at radius 3 is 2.75 bits per heavy atom. The van der Waals surface area contributed by atoms with E-state index in [-0.39, 0.29) is 18.1 Å². The molecule has 0 bridgehead atoms. The van der Waals surface area contributed by atoms with E-state index >= 15 is 0 Å². The molecule has 0 saturated carbocycles. The Kier molecular flexibility index (Phi) is 6.69. The SMILES string of the molecule is CCOC(=O)c1cc(-c2ccc(/C=C3\SC(=Nc4ccccc4Cl)NC3=O)o2)ccc1Cl. The summed E-state index contributed by atoms with van der Waals surface area (Å²) < 4.78 is 10.9. The minimum absolute atomic E-state index is 0.249. The van der Waals surface area contributed by atoms with Gasteiger partial charge in [0.15, 0.2) is 5.17 Å². The number of ether oxygens (including phenoxy) is 1. The van der Waals surface area contributed by atoms with Crippen LogP contribution in [0.5, 0.6) is 0 Å². The van der Waals surface area contributed by atoms with Crippen molar-refractivity contribution in [3.8, 4) is 11.3 Å². The standard InChI is InChI=1S/C23H16Cl2N2O4S/c1-2-30-22(29)15-11-13(7-9-16(15)24)19-10-8-14(31-19)12-20-21(28)27-23(32-20)26-18-6-4-3-5-17(18)25/h3-12H,2H2,1H3,(H,26,27,28)/b20-12-. The second-order valence-corrected chi connectivity index (χ2v) is 8.40. The molecule has 3 aromatic rings. The molecule has 1 aliphatic heterocycles. The number of esters is 1. The lowest BCUT2D eigenvalue weighted by Gasteiger charge is -2.05. The third-order valence-electron chi connectivity index (χ3n) is 4.37. The van der Waals surface area contributed by atoms with Crippen LogP contribution in [0.4, 0.5) is 5.69 Å². The molecule has 1 amide bonds. The monoisotopic (exact) mass is 486 g/mol. The third-order valence-corrected chi connectivity index (χ3v) is 5.93. The number of thioether (sulfide) groups is 1. The molecule has 32 heavy (non-hydrogen) atoms. The van der Waals surface area contributed by atoms with Crippen LogP contribution in [0.15, 0.2) is 68.9 Å². The lowest BCUT2D eigenvalue weighted by Crippen LogP contribution is -2.19. The molecule has 4 rings (SSSR count). The van der Waals surface area contributed by atoms with E-state index in [9.17, 15) is 9.59 Å². The molecule has 0 unspecified atom stereocenters. The fourth-order valence-electron chi connectivity index (χ4n) is 2.89. The van der Waals surface area contributed by atoms with Crippen LogP contribution in [0.3, 0.4) is 0 Å². The number of para-hydroxylation sites is 1. The van der Waals surface area contributed by atoms with Crippen molar-refractivity contribution in [1.82, 2.24) is 5.32 Å². The fourth-order valence-corrected chi connectivity index (χ4v) is 4.08. The van der Waals surface area contributed by atoms with E-state index in [4.69, 9.17) is 32.4 Å². The van der Waals surface area contributed by atoms with E-state index in [0.717, 1.165) is 0 Å². The summed E-state index contributed by atoms with van der Waals surface area (Å²) in [7, 11) is 0. The van der Waals surface area contributed by atoms with Crippen LogP contribution in [0.25, 0.3) is 17.4 Å². The third kappa shape index (κ3) is 4.91. The second-order valence-electron chi connectivity index (χ2n) is 6.55. The van der Waals surface area contributed by atoms with Gasteiger partial charge in [-0.05, 0) is 61.2 Å². The molecular formula is C23H16Cl2N2O4S. The first-order valence-electron chi connectivity index (χ1n) is 9.55. The smallest absolute Gasteiger partial charge is 0.339 e. The highest BCUT2D eigenvalue weighted by Gasteiger charge is 2.24. The number of carbonyl (C=O) groups excluding carboxylic acids is 2. The Labute approximate surface area is 198 Å². The van der Waals surface area contributed by atoms with E-state index in [2.05, 4.69) is 10.3 Å². The number of furan rings is 1. The van der Waals surface area contributed by atoms with Crippen molar-refractivity contribution in [3.05, 3.63) is 80.9 Å². The summed E-state index contributed by atoms with van der Waals surface area (Å²) in [6.45, 7) is 1.98. The van der Waals surface area contributed by atoms with Gasteiger partial charge in [-0.25, -0.2) is 9.79 Å². The second kappa shape index (κ2) is 9.65. The number of nitrogens with one attached hydrogen (secondary N) is 1. The van der Waals surface area contributed by atoms with Gasteiger partial charge in [0.05, 0.1) is 32.8 Å². The predicted molar refractivity (Wildman–Crippen MR) is 127 cm³/mol. The maximum absolute atomic E-state index is 12.3. The first-order valence-corrected chi connectivity index (χ1v) is 11.1. The number of hydrogen-bond donors (Lipinski definition) is 1. The summed E-state index contributed by atoms with van der Waals surface area (Å²) in [4.78, 5) is 29.2. The van der Waals surface area contributed by atoms with Gasteiger partial charge in [-0.1, -0.05) is 35.3 Å². The van der Waals surface area contributed by atoms with Crippen LogP contribution >= 0.6 is 35.0 Å². The van der Waals surface area contributed by atoms with Gasteiger partial charge < -0.3 is 14.5 Å². The summed E-state index contributed by atoms with van der Waals surface area (Å²) in [6, 6.07) is 15.6. The molecule has 0 spiro atoms. The average Bonchev–Trinajstić information content (AvgIpc) is 3.37. The summed E-state index contributed by atoms with van der Waals surface area (Å²) in [5, 5.41) is 3.93. The van der Waals surface area contributed by atoms with Crippen LogP contribution < -0.4 is 5.32 Å². The molecule has 1 aliphatic rings. The largest absolute Gasteiger partial charge is 0.462 e. The Bertz CT molecular complexity index is 1270. The molecule has 6 nitrogen and oxygen atoms in total. The number of hydrogen-bond acceptors (Lipinski definition) is 6. The topological polar surface area (TPSA) is 80.9 Å². The number of amidine groups is 1. The lowest BCUT2D eigenvalue weighted by molar-refractivity contribution is -0.115. The molecule has 1 aromatic heterocycles. The zero-order valence-corrected chi connectivity index (χ0v) is 19.1. The number of aliphatic imine (C=N–C) groups is 1. The summed E-state index contributed by atoms with van der Waals surface area (Å²) >= 11 is 13.4. The van der Waals surface area contributed by atoms with Gasteiger partial charge in [-0.3, -0.25) is 4.79 Å². The van der Waals surface area contributed by atoms with Crippen LogP contribution in [-0.2, 0) is 9.53 Å². The maximum atomic E-state index is 12.3. The molecule has 9 heteroatoms. The van der Waals surface area contributed by atoms with Gasteiger partial charge in [0.1, 0.15) is 11.5 Å². The molecule has 162 valence electrons. The number of halogens is 2. The minimum atomic E-state index is -0.502. The van der Waals surface area contributed by atoms with Gasteiger partial charge in [0.2, 0.25) is 0 Å². The maximum Gasteiger partial charge on any atom is 0.339 e. The van der Waals surface area contributed by atoms with E-state index < -0.39 is 5.97 Å². The highest BCUT2D eigenvalue weighted by molar-refractivity contribution is 8.18. The first kappa shape index (κ1) is 22.2. The number of carbonyl (C=O) groups is 2. The molecule has 2 heterocycles. The molecular weight excluding hydrogens is 471 g/mol. The Morgan fingerprint density at radius 1 is 1.16 bits per heavy atom. The number of amides is 1. The molecule has 0 atom stereocenters. The Balaban J connectivity index is 1.56. The molecule has 0 radical (unpaired) electrons. The number of nitrogens with zero attached hydrogens (tertiary/aromatic N) is 1. The van der Waals surface area contributed by atoms with E-state index in [1.54, 1.807) is 55.5 Å². The zero-order valence-electron chi connectivity index (χ0n) is 16.7. The van der Waals surface area contributed by atoms with Crippen LogP contribution in [0, 0.1) is 0 Å². The predicted octanol–water partition coefficient (Wildman–Crippen LogP) is 6.32. The molecule has 1 saturated heterocycles. The van der Waals surface area contributed by atoms with Crippen LogP contribution in [0.1, 0.15) is 23.0 Å². The van der Waals surface area contributed by atoms with Crippen molar-refractivity contribution in [2.45, 2.75) is 6.92 Å². The number of rotatable bonds is 5. The summed E-state index contributed by atoms with van der Waals surface area (Å²) in [6.07, 6.45) is 1.63. The highest BCUT2D eigenvalue weighted by Crippen LogP contribution is 2.32. The van der Waals surface area contributed by atoms with Gasteiger partial charge >= 0.3 is 5.97 Å². The van der Waals surface area contributed by atoms with Crippen LogP contribution in [0.2, 0.25) is 10.0 Å². The quantitative estimate of drug-likeness (QED) is 0.337. The Hall–Kier alpha value is -3.00. The highest BCUT2D eigenvalue weighted by atomic mass is 35.5.